The number of aryl methyl sites for hydroxylation is 1. The highest BCUT2D eigenvalue weighted by atomic mass is 16.1. The van der Waals surface area contributed by atoms with Gasteiger partial charge in [-0.05, 0) is 32.5 Å². The second-order valence-corrected chi connectivity index (χ2v) is 5.07. The van der Waals surface area contributed by atoms with E-state index in [0.717, 1.165) is 37.2 Å². The van der Waals surface area contributed by atoms with E-state index in [0.29, 0.717) is 0 Å². The molecule has 0 aliphatic heterocycles. The van der Waals surface area contributed by atoms with Crippen LogP contribution in [0.1, 0.15) is 31.7 Å². The van der Waals surface area contributed by atoms with E-state index in [-0.39, 0.29) is 5.41 Å². The molecule has 1 heterocycles. The van der Waals surface area contributed by atoms with E-state index >= 15 is 0 Å². The van der Waals surface area contributed by atoms with Crippen molar-refractivity contribution < 1.29 is 4.79 Å². The zero-order valence-electron chi connectivity index (χ0n) is 11.2. The molecular weight excluding hydrogens is 212 g/mol. The topological polar surface area (TPSA) is 33.2 Å². The van der Waals surface area contributed by atoms with E-state index in [1.807, 2.05) is 46.0 Å². The molecule has 1 rings (SSSR count). The average molecular weight is 234 g/mol. The molecule has 0 aliphatic rings. The maximum absolute atomic E-state index is 11.1. The first-order valence-corrected chi connectivity index (χ1v) is 6.06. The molecule has 94 valence electrons. The Labute approximate surface area is 104 Å². The van der Waals surface area contributed by atoms with Gasteiger partial charge in [0.2, 0.25) is 0 Å². The third-order valence-electron chi connectivity index (χ3n) is 3.10. The summed E-state index contributed by atoms with van der Waals surface area (Å²) in [5, 5.41) is 0. The maximum Gasteiger partial charge on any atom is 0.127 e. The number of aldehydes is 1. The van der Waals surface area contributed by atoms with Gasteiger partial charge in [-0.3, -0.25) is 9.88 Å². The van der Waals surface area contributed by atoms with E-state index in [9.17, 15) is 4.79 Å². The Hall–Kier alpha value is -1.22. The lowest BCUT2D eigenvalue weighted by Crippen LogP contribution is -2.34. The molecule has 0 spiro atoms. The minimum Gasteiger partial charge on any atom is -0.303 e. The Bertz CT molecular complexity index is 378. The van der Waals surface area contributed by atoms with Crippen LogP contribution in [0, 0.1) is 12.3 Å². The number of hydrogen-bond acceptors (Lipinski definition) is 3. The van der Waals surface area contributed by atoms with Gasteiger partial charge in [0.1, 0.15) is 6.29 Å². The van der Waals surface area contributed by atoms with Crippen LogP contribution in [0.15, 0.2) is 18.2 Å². The van der Waals surface area contributed by atoms with E-state index in [1.165, 1.54) is 0 Å². The van der Waals surface area contributed by atoms with Gasteiger partial charge in [-0.1, -0.05) is 19.9 Å². The molecule has 0 N–H and O–H groups in total. The van der Waals surface area contributed by atoms with E-state index in [1.54, 1.807) is 0 Å². The second-order valence-electron chi connectivity index (χ2n) is 5.07. The van der Waals surface area contributed by atoms with Gasteiger partial charge >= 0.3 is 0 Å². The van der Waals surface area contributed by atoms with Crippen LogP contribution < -0.4 is 0 Å². The van der Waals surface area contributed by atoms with Crippen LogP contribution in [0.25, 0.3) is 0 Å². The first kappa shape index (κ1) is 13.8. The fraction of sp³-hybridized carbons (Fsp3) is 0.571. The monoisotopic (exact) mass is 234 g/mol. The summed E-state index contributed by atoms with van der Waals surface area (Å²) in [6, 6.07) is 6.03. The molecule has 0 fully saturated rings. The lowest BCUT2D eigenvalue weighted by Gasteiger charge is -2.27. The van der Waals surface area contributed by atoms with E-state index in [2.05, 4.69) is 9.88 Å². The van der Waals surface area contributed by atoms with Gasteiger partial charge in [0.05, 0.1) is 5.69 Å². The molecule has 1 aromatic rings. The summed E-state index contributed by atoms with van der Waals surface area (Å²) in [7, 11) is 2.03. The molecule has 0 aliphatic carbocycles. The maximum atomic E-state index is 11.1. The Morgan fingerprint density at radius 1 is 1.47 bits per heavy atom. The van der Waals surface area contributed by atoms with Gasteiger partial charge < -0.3 is 4.79 Å². The number of carbonyl (C=O) groups excluding carboxylic acids is 1. The van der Waals surface area contributed by atoms with Crippen LogP contribution in [0.3, 0.4) is 0 Å². The SMILES string of the molecule is CCC(C)(C=O)CN(C)Cc1cccc(C)n1. The number of rotatable bonds is 6. The van der Waals surface area contributed by atoms with Crippen LogP contribution in [0.5, 0.6) is 0 Å². The molecule has 0 bridgehead atoms. The molecular formula is C14H22N2O. The van der Waals surface area contributed by atoms with Crippen LogP contribution in [-0.2, 0) is 11.3 Å². The highest BCUT2D eigenvalue weighted by Gasteiger charge is 2.23. The molecule has 0 saturated heterocycles. The summed E-state index contributed by atoms with van der Waals surface area (Å²) in [6.45, 7) is 7.59. The predicted octanol–water partition coefficient (Wildman–Crippen LogP) is 2.44. The summed E-state index contributed by atoms with van der Waals surface area (Å²) in [4.78, 5) is 17.7. The second kappa shape index (κ2) is 5.92. The van der Waals surface area contributed by atoms with Gasteiger partial charge in [0, 0.05) is 24.2 Å². The average Bonchev–Trinajstić information content (AvgIpc) is 2.28. The quantitative estimate of drug-likeness (QED) is 0.709. The van der Waals surface area contributed by atoms with Gasteiger partial charge in [-0.2, -0.15) is 0 Å². The summed E-state index contributed by atoms with van der Waals surface area (Å²) < 4.78 is 0. The number of carbonyl (C=O) groups is 1. The Morgan fingerprint density at radius 2 is 2.18 bits per heavy atom. The van der Waals surface area contributed by atoms with Crippen molar-refractivity contribution in [1.29, 1.82) is 0 Å². The summed E-state index contributed by atoms with van der Waals surface area (Å²) in [6.07, 6.45) is 1.93. The molecule has 1 unspecified atom stereocenters. The van der Waals surface area contributed by atoms with Crippen molar-refractivity contribution >= 4 is 6.29 Å². The fourth-order valence-corrected chi connectivity index (χ4v) is 1.87. The van der Waals surface area contributed by atoms with Gasteiger partial charge in [0.15, 0.2) is 0 Å². The van der Waals surface area contributed by atoms with Crippen molar-refractivity contribution in [3.05, 3.63) is 29.6 Å². The smallest absolute Gasteiger partial charge is 0.127 e. The molecule has 0 aromatic carbocycles. The van der Waals surface area contributed by atoms with Crippen LogP contribution >= 0.6 is 0 Å². The summed E-state index contributed by atoms with van der Waals surface area (Å²) in [5.41, 5.74) is 1.83. The van der Waals surface area contributed by atoms with E-state index in [4.69, 9.17) is 0 Å². The first-order valence-electron chi connectivity index (χ1n) is 6.06. The highest BCUT2D eigenvalue weighted by molar-refractivity contribution is 5.58. The number of pyridine rings is 1. The molecule has 0 saturated carbocycles. The minimum absolute atomic E-state index is 0.251. The largest absolute Gasteiger partial charge is 0.303 e. The molecule has 1 atom stereocenters. The van der Waals surface area contributed by atoms with Gasteiger partial charge in [-0.25, -0.2) is 0 Å². The molecule has 3 heteroatoms. The Morgan fingerprint density at radius 3 is 2.71 bits per heavy atom. The van der Waals surface area contributed by atoms with Crippen molar-refractivity contribution in [3.63, 3.8) is 0 Å². The predicted molar refractivity (Wildman–Crippen MR) is 69.8 cm³/mol. The third-order valence-corrected chi connectivity index (χ3v) is 3.10. The van der Waals surface area contributed by atoms with Crippen LogP contribution in [-0.4, -0.2) is 29.8 Å². The van der Waals surface area contributed by atoms with Crippen molar-refractivity contribution in [2.45, 2.75) is 33.7 Å². The normalized spacial score (nSPS) is 14.6. The van der Waals surface area contributed by atoms with Crippen LogP contribution in [0.2, 0.25) is 0 Å². The Balaban J connectivity index is 2.61. The molecule has 0 radical (unpaired) electrons. The van der Waals surface area contributed by atoms with E-state index < -0.39 is 0 Å². The van der Waals surface area contributed by atoms with Crippen molar-refractivity contribution in [2.75, 3.05) is 13.6 Å². The minimum atomic E-state index is -0.251. The number of nitrogens with zero attached hydrogens (tertiary/aromatic N) is 2. The number of aromatic nitrogens is 1. The molecule has 17 heavy (non-hydrogen) atoms. The zero-order valence-corrected chi connectivity index (χ0v) is 11.2. The summed E-state index contributed by atoms with van der Waals surface area (Å²) in [5.74, 6) is 0. The van der Waals surface area contributed by atoms with Gasteiger partial charge in [0.25, 0.3) is 0 Å². The Kier molecular flexibility index (Phi) is 4.82. The summed E-state index contributed by atoms with van der Waals surface area (Å²) >= 11 is 0. The number of hydrogen-bond donors (Lipinski definition) is 0. The van der Waals surface area contributed by atoms with Crippen molar-refractivity contribution in [3.8, 4) is 0 Å². The lowest BCUT2D eigenvalue weighted by atomic mass is 9.89. The third kappa shape index (κ3) is 4.27. The van der Waals surface area contributed by atoms with Gasteiger partial charge in [-0.15, -0.1) is 0 Å². The molecule has 3 nitrogen and oxygen atoms in total. The standard InChI is InChI=1S/C14H22N2O/c1-5-14(3,11-17)10-16(4)9-13-8-6-7-12(2)15-13/h6-8,11H,5,9-10H2,1-4H3. The highest BCUT2D eigenvalue weighted by Crippen LogP contribution is 2.19. The molecule has 0 amide bonds. The molecule has 1 aromatic heterocycles. The fourth-order valence-electron chi connectivity index (χ4n) is 1.87. The lowest BCUT2D eigenvalue weighted by molar-refractivity contribution is -0.116. The van der Waals surface area contributed by atoms with Crippen LogP contribution in [0.4, 0.5) is 0 Å². The first-order chi connectivity index (χ1) is 7.99. The van der Waals surface area contributed by atoms with Crippen molar-refractivity contribution in [1.82, 2.24) is 9.88 Å². The zero-order chi connectivity index (χ0) is 12.9. The van der Waals surface area contributed by atoms with Crippen molar-refractivity contribution in [2.24, 2.45) is 5.41 Å².